The van der Waals surface area contributed by atoms with Crippen LogP contribution < -0.4 is 15.5 Å². The molecule has 2 aromatic heterocycles. The van der Waals surface area contributed by atoms with Crippen LogP contribution in [0.3, 0.4) is 0 Å². The van der Waals surface area contributed by atoms with Crippen molar-refractivity contribution in [2.75, 3.05) is 22.1 Å². The maximum absolute atomic E-state index is 6.69. The van der Waals surface area contributed by atoms with Crippen molar-refractivity contribution in [1.29, 1.82) is 0 Å². The topological polar surface area (TPSA) is 71.2 Å². The van der Waals surface area contributed by atoms with Crippen LogP contribution in [0.2, 0.25) is 0 Å². The molecule has 0 amide bonds. The number of pyridine rings is 1. The quantitative estimate of drug-likeness (QED) is 0.529. The van der Waals surface area contributed by atoms with E-state index in [9.17, 15) is 0 Å². The van der Waals surface area contributed by atoms with Gasteiger partial charge in [-0.1, -0.05) is 60.7 Å². The molecule has 0 unspecified atom stereocenters. The molecule has 0 bridgehead atoms. The molecule has 1 aliphatic rings. The summed E-state index contributed by atoms with van der Waals surface area (Å²) in [6.45, 7) is 2.28. The number of aromatic nitrogens is 3. The lowest BCUT2D eigenvalue weighted by Gasteiger charge is -2.32. The Morgan fingerprint density at radius 2 is 1.61 bits per heavy atom. The lowest BCUT2D eigenvalue weighted by Crippen LogP contribution is -2.32. The van der Waals surface area contributed by atoms with Crippen molar-refractivity contribution in [1.82, 2.24) is 15.0 Å². The molecule has 1 aliphatic heterocycles. The predicted molar refractivity (Wildman–Crippen MR) is 124 cm³/mol. The zero-order valence-corrected chi connectivity index (χ0v) is 17.2. The monoisotopic (exact) mass is 408 g/mol. The van der Waals surface area contributed by atoms with E-state index in [-0.39, 0.29) is 0 Å². The molecule has 0 saturated carbocycles. The molecule has 6 nitrogen and oxygen atoms in total. The SMILES string of the molecule is Nc1c(N2CCc3ccccc3C2)ncnc1N(Cc1ccccc1)c1ccccn1. The summed E-state index contributed by atoms with van der Waals surface area (Å²) in [6, 6.07) is 24.7. The summed E-state index contributed by atoms with van der Waals surface area (Å²) >= 11 is 0. The normalized spacial score (nSPS) is 13.0. The van der Waals surface area contributed by atoms with Crippen LogP contribution >= 0.6 is 0 Å². The van der Waals surface area contributed by atoms with Crippen LogP contribution in [0.4, 0.5) is 23.1 Å². The fraction of sp³-hybridized carbons (Fsp3) is 0.160. The molecule has 4 aromatic rings. The van der Waals surface area contributed by atoms with Crippen molar-refractivity contribution in [2.24, 2.45) is 0 Å². The van der Waals surface area contributed by atoms with Gasteiger partial charge in [0, 0.05) is 19.3 Å². The third-order valence-corrected chi connectivity index (χ3v) is 5.64. The largest absolute Gasteiger partial charge is 0.393 e. The van der Waals surface area contributed by atoms with Gasteiger partial charge >= 0.3 is 0 Å². The van der Waals surface area contributed by atoms with Crippen molar-refractivity contribution >= 4 is 23.1 Å². The van der Waals surface area contributed by atoms with Crippen molar-refractivity contribution in [3.63, 3.8) is 0 Å². The van der Waals surface area contributed by atoms with E-state index in [1.54, 1.807) is 12.5 Å². The molecule has 2 N–H and O–H groups in total. The molecule has 0 aliphatic carbocycles. The van der Waals surface area contributed by atoms with Gasteiger partial charge < -0.3 is 15.5 Å². The van der Waals surface area contributed by atoms with E-state index in [2.05, 4.69) is 56.3 Å². The molecular formula is C25H24N6. The number of hydrogen-bond acceptors (Lipinski definition) is 6. The summed E-state index contributed by atoms with van der Waals surface area (Å²) in [5, 5.41) is 0. The van der Waals surface area contributed by atoms with E-state index >= 15 is 0 Å². The minimum Gasteiger partial charge on any atom is -0.393 e. The smallest absolute Gasteiger partial charge is 0.163 e. The van der Waals surface area contributed by atoms with Crippen molar-refractivity contribution in [3.8, 4) is 0 Å². The Labute approximate surface area is 182 Å². The molecule has 3 heterocycles. The second-order valence-corrected chi connectivity index (χ2v) is 7.63. The van der Waals surface area contributed by atoms with Crippen LogP contribution in [0.25, 0.3) is 0 Å². The van der Waals surface area contributed by atoms with Gasteiger partial charge in [-0.3, -0.25) is 0 Å². The summed E-state index contributed by atoms with van der Waals surface area (Å²) in [6.07, 6.45) is 4.36. The average Bonchev–Trinajstić information content (AvgIpc) is 2.84. The molecule has 0 spiro atoms. The Bertz CT molecular complexity index is 1160. The lowest BCUT2D eigenvalue weighted by molar-refractivity contribution is 0.720. The van der Waals surface area contributed by atoms with Crippen LogP contribution in [0, 0.1) is 0 Å². The Hall–Kier alpha value is -3.93. The molecule has 2 aromatic carbocycles. The van der Waals surface area contributed by atoms with Crippen molar-refractivity contribution in [3.05, 3.63) is 102 Å². The van der Waals surface area contributed by atoms with Crippen molar-refractivity contribution in [2.45, 2.75) is 19.5 Å². The summed E-state index contributed by atoms with van der Waals surface area (Å²) < 4.78 is 0. The highest BCUT2D eigenvalue weighted by Crippen LogP contribution is 2.35. The van der Waals surface area contributed by atoms with E-state index in [4.69, 9.17) is 5.73 Å². The van der Waals surface area contributed by atoms with Gasteiger partial charge in [0.1, 0.15) is 17.8 Å². The summed E-state index contributed by atoms with van der Waals surface area (Å²) in [7, 11) is 0. The maximum Gasteiger partial charge on any atom is 0.163 e. The first-order chi connectivity index (χ1) is 15.3. The van der Waals surface area contributed by atoms with Crippen LogP contribution in [0.5, 0.6) is 0 Å². The third-order valence-electron chi connectivity index (χ3n) is 5.64. The highest BCUT2D eigenvalue weighted by Gasteiger charge is 2.23. The number of anilines is 4. The van der Waals surface area contributed by atoms with E-state index in [0.717, 1.165) is 36.7 Å². The molecule has 0 atom stereocenters. The Kier molecular flexibility index (Phi) is 5.19. The Morgan fingerprint density at radius 1 is 0.839 bits per heavy atom. The predicted octanol–water partition coefficient (Wildman–Crippen LogP) is 4.35. The first-order valence-electron chi connectivity index (χ1n) is 10.4. The lowest BCUT2D eigenvalue weighted by atomic mass is 10.00. The highest BCUT2D eigenvalue weighted by molar-refractivity contribution is 5.79. The molecule has 0 fully saturated rings. The van der Waals surface area contributed by atoms with Gasteiger partial charge in [-0.25, -0.2) is 15.0 Å². The molecular weight excluding hydrogens is 384 g/mol. The first-order valence-corrected chi connectivity index (χ1v) is 10.4. The number of nitrogen functional groups attached to an aromatic ring is 1. The molecule has 6 heteroatoms. The van der Waals surface area contributed by atoms with Gasteiger partial charge in [-0.05, 0) is 35.2 Å². The third kappa shape index (κ3) is 3.92. The summed E-state index contributed by atoms with van der Waals surface area (Å²) in [4.78, 5) is 18.0. The minimum atomic E-state index is 0.573. The number of rotatable bonds is 5. The maximum atomic E-state index is 6.69. The fourth-order valence-corrected chi connectivity index (χ4v) is 4.06. The first kappa shape index (κ1) is 19.1. The van der Waals surface area contributed by atoms with E-state index in [1.807, 2.05) is 41.3 Å². The Morgan fingerprint density at radius 3 is 2.42 bits per heavy atom. The Balaban J connectivity index is 1.52. The van der Waals surface area contributed by atoms with Gasteiger partial charge in [0.05, 0.1) is 6.54 Å². The second kappa shape index (κ2) is 8.44. The van der Waals surface area contributed by atoms with E-state index < -0.39 is 0 Å². The van der Waals surface area contributed by atoms with Crippen LogP contribution in [-0.4, -0.2) is 21.5 Å². The van der Waals surface area contributed by atoms with E-state index in [0.29, 0.717) is 18.1 Å². The van der Waals surface area contributed by atoms with Crippen LogP contribution in [0.1, 0.15) is 16.7 Å². The van der Waals surface area contributed by atoms with Crippen LogP contribution in [0.15, 0.2) is 85.3 Å². The van der Waals surface area contributed by atoms with Crippen LogP contribution in [-0.2, 0) is 19.5 Å². The molecule has 154 valence electrons. The second-order valence-electron chi connectivity index (χ2n) is 7.63. The highest BCUT2D eigenvalue weighted by atomic mass is 15.3. The van der Waals surface area contributed by atoms with Gasteiger partial charge in [0.25, 0.3) is 0 Å². The van der Waals surface area contributed by atoms with Gasteiger partial charge in [-0.2, -0.15) is 0 Å². The number of fused-ring (bicyclic) bond motifs is 1. The number of hydrogen-bond donors (Lipinski definition) is 1. The fourth-order valence-electron chi connectivity index (χ4n) is 4.06. The molecule has 5 rings (SSSR count). The standard InChI is InChI=1S/C25H24N6/c26-23-24(30-15-13-20-10-4-5-11-21(20)17-30)28-18-29-25(23)31(22-12-6-7-14-27-22)16-19-8-2-1-3-9-19/h1-12,14,18H,13,15-17,26H2. The molecule has 0 saturated heterocycles. The number of benzene rings is 2. The van der Waals surface area contributed by atoms with E-state index in [1.165, 1.54) is 11.1 Å². The molecule has 31 heavy (non-hydrogen) atoms. The minimum absolute atomic E-state index is 0.573. The van der Waals surface area contributed by atoms with Gasteiger partial charge in [-0.15, -0.1) is 0 Å². The number of nitrogens with two attached hydrogens (primary N) is 1. The van der Waals surface area contributed by atoms with Gasteiger partial charge in [0.2, 0.25) is 0 Å². The summed E-state index contributed by atoms with van der Waals surface area (Å²) in [5.74, 6) is 2.24. The number of nitrogens with zero attached hydrogens (tertiary/aromatic N) is 5. The average molecular weight is 409 g/mol. The van der Waals surface area contributed by atoms with Crippen molar-refractivity contribution < 1.29 is 0 Å². The zero-order valence-electron chi connectivity index (χ0n) is 17.2. The van der Waals surface area contributed by atoms with Gasteiger partial charge in [0.15, 0.2) is 11.6 Å². The molecule has 0 radical (unpaired) electrons. The summed E-state index contributed by atoms with van der Waals surface area (Å²) in [5.41, 5.74) is 11.1. The zero-order chi connectivity index (χ0) is 21.0.